The number of nitrogens with zero attached hydrogens (tertiary/aromatic N) is 2. The molecule has 9 heteroatoms. The molecule has 1 aliphatic rings. The van der Waals surface area contributed by atoms with Crippen molar-refractivity contribution in [3.8, 4) is 11.1 Å². The number of amides is 2. The van der Waals surface area contributed by atoms with E-state index >= 15 is 0 Å². The molecule has 0 saturated carbocycles. The lowest BCUT2D eigenvalue weighted by atomic mass is 9.98. The van der Waals surface area contributed by atoms with Crippen molar-refractivity contribution in [2.45, 2.75) is 31.6 Å². The van der Waals surface area contributed by atoms with Crippen molar-refractivity contribution in [2.24, 2.45) is 7.05 Å². The fourth-order valence-electron chi connectivity index (χ4n) is 4.38. The van der Waals surface area contributed by atoms with E-state index in [1.54, 1.807) is 7.05 Å². The molecule has 1 heterocycles. The molecule has 0 aliphatic heterocycles. The third-order valence-corrected chi connectivity index (χ3v) is 6.00. The molecule has 4 rings (SSSR count). The van der Waals surface area contributed by atoms with Crippen molar-refractivity contribution in [3.05, 3.63) is 71.5 Å². The molecule has 2 amide bonds. The molecule has 0 spiro atoms. The Bertz CT molecular complexity index is 1190. The summed E-state index contributed by atoms with van der Waals surface area (Å²) in [5.74, 6) is -1.45. The number of aromatic carboxylic acids is 1. The Balaban J connectivity index is 1.14. The summed E-state index contributed by atoms with van der Waals surface area (Å²) in [5.41, 5.74) is 4.70. The lowest BCUT2D eigenvalue weighted by molar-refractivity contribution is -0.116. The van der Waals surface area contributed by atoms with Crippen LogP contribution in [0.25, 0.3) is 11.1 Å². The van der Waals surface area contributed by atoms with Crippen LogP contribution in [-0.4, -0.2) is 46.0 Å². The van der Waals surface area contributed by atoms with Gasteiger partial charge in [-0.1, -0.05) is 55.0 Å². The summed E-state index contributed by atoms with van der Waals surface area (Å²) in [6, 6.07) is 16.4. The molecule has 0 unspecified atom stereocenters. The molecule has 182 valence electrons. The van der Waals surface area contributed by atoms with Crippen molar-refractivity contribution in [1.82, 2.24) is 15.1 Å². The second kappa shape index (κ2) is 10.9. The summed E-state index contributed by atoms with van der Waals surface area (Å²) in [7, 11) is 1.59. The minimum absolute atomic E-state index is 0.0214. The first kappa shape index (κ1) is 24.0. The molecule has 3 aromatic rings. The summed E-state index contributed by atoms with van der Waals surface area (Å²) in [6.07, 6.45) is 3.29. The predicted molar refractivity (Wildman–Crippen MR) is 130 cm³/mol. The van der Waals surface area contributed by atoms with E-state index in [9.17, 15) is 14.4 Å². The van der Waals surface area contributed by atoms with Gasteiger partial charge in [-0.05, 0) is 35.1 Å². The molecule has 1 aliphatic carbocycles. The zero-order valence-electron chi connectivity index (χ0n) is 19.5. The molecule has 1 aromatic heterocycles. The highest BCUT2D eigenvalue weighted by molar-refractivity contribution is 5.99. The topological polar surface area (TPSA) is 123 Å². The van der Waals surface area contributed by atoms with Gasteiger partial charge in [0.1, 0.15) is 6.61 Å². The quantitative estimate of drug-likeness (QED) is 0.378. The number of anilines is 1. The Labute approximate surface area is 203 Å². The van der Waals surface area contributed by atoms with E-state index in [4.69, 9.17) is 9.84 Å². The van der Waals surface area contributed by atoms with Crippen LogP contribution in [-0.2, 0) is 16.6 Å². The van der Waals surface area contributed by atoms with Gasteiger partial charge in [0.05, 0.1) is 5.69 Å². The molecule has 0 bridgehead atoms. The smallest absolute Gasteiger partial charge is 0.407 e. The molecule has 0 fully saturated rings. The van der Waals surface area contributed by atoms with Gasteiger partial charge in [0, 0.05) is 32.1 Å². The number of carbonyl (C=O) groups is 3. The predicted octanol–water partition coefficient (Wildman–Crippen LogP) is 4.16. The van der Waals surface area contributed by atoms with Gasteiger partial charge >= 0.3 is 12.1 Å². The van der Waals surface area contributed by atoms with Crippen LogP contribution < -0.4 is 10.6 Å². The van der Waals surface area contributed by atoms with Crippen LogP contribution in [0.15, 0.2) is 54.7 Å². The first-order valence-corrected chi connectivity index (χ1v) is 11.6. The lowest BCUT2D eigenvalue weighted by Crippen LogP contribution is -2.27. The van der Waals surface area contributed by atoms with E-state index in [1.807, 2.05) is 24.3 Å². The maximum Gasteiger partial charge on any atom is 0.407 e. The summed E-state index contributed by atoms with van der Waals surface area (Å²) >= 11 is 0. The number of nitrogens with one attached hydrogen (secondary N) is 2. The van der Waals surface area contributed by atoms with Gasteiger partial charge in [0.2, 0.25) is 5.91 Å². The fourth-order valence-corrected chi connectivity index (χ4v) is 4.38. The molecule has 3 N–H and O–H groups in total. The van der Waals surface area contributed by atoms with Crippen LogP contribution >= 0.6 is 0 Å². The Morgan fingerprint density at radius 1 is 1.00 bits per heavy atom. The van der Waals surface area contributed by atoms with E-state index in [1.165, 1.54) is 33.1 Å². The van der Waals surface area contributed by atoms with Crippen molar-refractivity contribution >= 4 is 23.7 Å². The number of hydrogen-bond acceptors (Lipinski definition) is 5. The minimum Gasteiger partial charge on any atom is -0.476 e. The maximum atomic E-state index is 12.2. The number of ether oxygens (including phenoxy) is 1. The van der Waals surface area contributed by atoms with Crippen molar-refractivity contribution in [2.75, 3.05) is 18.5 Å². The van der Waals surface area contributed by atoms with E-state index in [0.29, 0.717) is 19.4 Å². The number of carboxylic acids is 1. The molecule has 2 aromatic carbocycles. The van der Waals surface area contributed by atoms with Gasteiger partial charge in [-0.15, -0.1) is 0 Å². The van der Waals surface area contributed by atoms with Crippen LogP contribution in [0.4, 0.5) is 10.5 Å². The van der Waals surface area contributed by atoms with Crippen molar-refractivity contribution < 1.29 is 24.2 Å². The largest absolute Gasteiger partial charge is 0.476 e. The average Bonchev–Trinajstić information content (AvgIpc) is 3.37. The van der Waals surface area contributed by atoms with Gasteiger partial charge < -0.3 is 20.5 Å². The molecular formula is C26H28N4O5. The number of hydrogen-bond donors (Lipinski definition) is 3. The Morgan fingerprint density at radius 2 is 1.66 bits per heavy atom. The molecule has 0 atom stereocenters. The van der Waals surface area contributed by atoms with Crippen LogP contribution in [0.5, 0.6) is 0 Å². The zero-order chi connectivity index (χ0) is 24.8. The third-order valence-electron chi connectivity index (χ3n) is 6.00. The van der Waals surface area contributed by atoms with Crippen molar-refractivity contribution in [1.29, 1.82) is 0 Å². The average molecular weight is 477 g/mol. The van der Waals surface area contributed by atoms with Crippen LogP contribution in [0.2, 0.25) is 0 Å². The lowest BCUT2D eigenvalue weighted by Gasteiger charge is -2.14. The van der Waals surface area contributed by atoms with E-state index < -0.39 is 12.1 Å². The Kier molecular flexibility index (Phi) is 7.45. The first-order valence-electron chi connectivity index (χ1n) is 11.6. The van der Waals surface area contributed by atoms with Crippen LogP contribution in [0, 0.1) is 0 Å². The third kappa shape index (κ3) is 5.68. The molecule has 9 nitrogen and oxygen atoms in total. The molecule has 0 radical (unpaired) electrons. The monoisotopic (exact) mass is 476 g/mol. The van der Waals surface area contributed by atoms with Crippen molar-refractivity contribution in [3.63, 3.8) is 0 Å². The van der Waals surface area contributed by atoms with Gasteiger partial charge in [0.15, 0.2) is 5.69 Å². The Hall–Kier alpha value is -4.14. The second-order valence-corrected chi connectivity index (χ2v) is 8.48. The van der Waals surface area contributed by atoms with E-state index in [-0.39, 0.29) is 36.2 Å². The molecule has 35 heavy (non-hydrogen) atoms. The van der Waals surface area contributed by atoms with E-state index in [2.05, 4.69) is 40.0 Å². The first-order chi connectivity index (χ1) is 16.9. The molecular weight excluding hydrogens is 448 g/mol. The summed E-state index contributed by atoms with van der Waals surface area (Å²) in [5, 5.41) is 18.3. The standard InChI is InChI=1S/C26H28N4O5/c1-30-15-22(24(29-30)25(32)33)28-23(31)13-3-2-8-14-27-26(34)35-16-21-19-11-6-4-9-17(19)18-10-5-7-12-20(18)21/h4-7,9-12,15,21H,2-3,8,13-14,16H2,1H3,(H,27,34)(H,28,31)(H,32,33). The minimum atomic E-state index is -1.19. The number of carboxylic acid groups (broad SMARTS) is 1. The number of rotatable bonds is 10. The van der Waals surface area contributed by atoms with E-state index in [0.717, 1.165) is 6.42 Å². The van der Waals surface area contributed by atoms with Gasteiger partial charge in [-0.2, -0.15) is 5.10 Å². The highest BCUT2D eigenvalue weighted by Gasteiger charge is 2.28. The number of benzene rings is 2. The normalized spacial score (nSPS) is 12.0. The highest BCUT2D eigenvalue weighted by atomic mass is 16.5. The number of alkyl carbamates (subject to hydrolysis) is 1. The number of aryl methyl sites for hydroxylation is 1. The summed E-state index contributed by atoms with van der Waals surface area (Å²) in [4.78, 5) is 35.5. The van der Waals surface area contributed by atoms with Crippen LogP contribution in [0.3, 0.4) is 0 Å². The number of unbranched alkanes of at least 4 members (excludes halogenated alkanes) is 2. The summed E-state index contributed by atoms with van der Waals surface area (Å²) < 4.78 is 6.85. The SMILES string of the molecule is Cn1cc(NC(=O)CCCCCNC(=O)OCC2c3ccccc3-c3ccccc32)c(C(=O)O)n1. The van der Waals surface area contributed by atoms with Gasteiger partial charge in [-0.3, -0.25) is 9.48 Å². The summed E-state index contributed by atoms with van der Waals surface area (Å²) in [6.45, 7) is 0.719. The van der Waals surface area contributed by atoms with Crippen LogP contribution in [0.1, 0.15) is 53.2 Å². The molecule has 0 saturated heterocycles. The maximum absolute atomic E-state index is 12.2. The fraction of sp³-hybridized carbons (Fsp3) is 0.308. The number of aromatic nitrogens is 2. The Morgan fingerprint density at radius 3 is 2.31 bits per heavy atom. The van der Waals surface area contributed by atoms with Gasteiger partial charge in [-0.25, -0.2) is 9.59 Å². The highest BCUT2D eigenvalue weighted by Crippen LogP contribution is 2.44. The second-order valence-electron chi connectivity index (χ2n) is 8.48. The number of carbonyl (C=O) groups excluding carboxylic acids is 2. The van der Waals surface area contributed by atoms with Gasteiger partial charge in [0.25, 0.3) is 0 Å². The zero-order valence-corrected chi connectivity index (χ0v) is 19.5. The number of fused-ring (bicyclic) bond motifs is 3.